The quantitative estimate of drug-likeness (QED) is 0.603. The molecule has 0 amide bonds. The van der Waals surface area contributed by atoms with E-state index in [1.54, 1.807) is 6.07 Å². The fourth-order valence-electron chi connectivity index (χ4n) is 1.59. The van der Waals surface area contributed by atoms with Gasteiger partial charge in [0.25, 0.3) is 0 Å². The lowest BCUT2D eigenvalue weighted by Crippen LogP contribution is -2.18. The summed E-state index contributed by atoms with van der Waals surface area (Å²) < 4.78 is 0. The number of benzene rings is 1. The highest BCUT2D eigenvalue weighted by Crippen LogP contribution is 2.19. The van der Waals surface area contributed by atoms with Crippen LogP contribution in [-0.4, -0.2) is 23.3 Å². The maximum atomic E-state index is 11.2. The Kier molecular flexibility index (Phi) is 5.35. The van der Waals surface area contributed by atoms with Crippen molar-refractivity contribution in [3.05, 3.63) is 23.8 Å². The van der Waals surface area contributed by atoms with E-state index in [0.717, 1.165) is 17.2 Å². The van der Waals surface area contributed by atoms with Gasteiger partial charge in [-0.15, -0.1) is 0 Å². The van der Waals surface area contributed by atoms with Crippen molar-refractivity contribution in [1.29, 1.82) is 0 Å². The highest BCUT2D eigenvalue weighted by molar-refractivity contribution is 7.99. The molecule has 1 unspecified atom stereocenters. The first-order chi connectivity index (χ1) is 8.04. The summed E-state index contributed by atoms with van der Waals surface area (Å²) in [5, 5.41) is 3.37. The number of carbonyl (C=O) groups is 1. The number of thioether (sulfide) groups is 1. The fraction of sp³-hybridized carbons (Fsp3) is 0.462. The molecule has 0 aliphatic carbocycles. The van der Waals surface area contributed by atoms with Crippen LogP contribution in [0.25, 0.3) is 0 Å². The van der Waals surface area contributed by atoms with Crippen molar-refractivity contribution in [3.8, 4) is 0 Å². The maximum absolute atomic E-state index is 11.2. The van der Waals surface area contributed by atoms with E-state index < -0.39 is 0 Å². The number of rotatable bonds is 6. The van der Waals surface area contributed by atoms with Gasteiger partial charge >= 0.3 is 0 Å². The number of hydrogen-bond acceptors (Lipinski definition) is 4. The predicted octanol–water partition coefficient (Wildman–Crippen LogP) is 3.02. The largest absolute Gasteiger partial charge is 0.398 e. The molecule has 0 aromatic heterocycles. The van der Waals surface area contributed by atoms with E-state index in [0.29, 0.717) is 17.3 Å². The van der Waals surface area contributed by atoms with Crippen molar-refractivity contribution in [3.63, 3.8) is 0 Å². The van der Waals surface area contributed by atoms with Crippen LogP contribution < -0.4 is 11.1 Å². The van der Waals surface area contributed by atoms with Gasteiger partial charge in [-0.3, -0.25) is 4.79 Å². The van der Waals surface area contributed by atoms with Crippen LogP contribution in [0.5, 0.6) is 0 Å². The normalized spacial score (nSPS) is 12.2. The lowest BCUT2D eigenvalue weighted by atomic mass is 10.1. The zero-order chi connectivity index (χ0) is 12.8. The van der Waals surface area contributed by atoms with Crippen molar-refractivity contribution in [2.45, 2.75) is 26.8 Å². The summed E-state index contributed by atoms with van der Waals surface area (Å²) in [6.45, 7) is 5.81. The second-order valence-corrected chi connectivity index (χ2v) is 5.38. The molecule has 4 heteroatoms. The van der Waals surface area contributed by atoms with Crippen LogP contribution in [0, 0.1) is 0 Å². The second kappa shape index (κ2) is 6.55. The predicted molar refractivity (Wildman–Crippen MR) is 76.9 cm³/mol. The van der Waals surface area contributed by atoms with Crippen LogP contribution in [0.15, 0.2) is 18.2 Å². The number of hydrogen-bond donors (Lipinski definition) is 2. The summed E-state index contributed by atoms with van der Waals surface area (Å²) in [7, 11) is 0. The molecule has 17 heavy (non-hydrogen) atoms. The van der Waals surface area contributed by atoms with E-state index in [2.05, 4.69) is 19.2 Å². The van der Waals surface area contributed by atoms with Gasteiger partial charge in [0.1, 0.15) is 0 Å². The van der Waals surface area contributed by atoms with Gasteiger partial charge in [-0.1, -0.05) is 6.92 Å². The number of nitrogen functional groups attached to an aromatic ring is 1. The van der Waals surface area contributed by atoms with E-state index in [9.17, 15) is 4.79 Å². The molecular formula is C13H20N2OS. The molecule has 0 aliphatic rings. The molecular weight excluding hydrogens is 232 g/mol. The Morgan fingerprint density at radius 1 is 1.53 bits per heavy atom. The molecule has 0 saturated heterocycles. The van der Waals surface area contributed by atoms with Gasteiger partial charge in [0.2, 0.25) is 0 Å². The van der Waals surface area contributed by atoms with Crippen molar-refractivity contribution in [2.75, 3.05) is 22.6 Å². The standard InChI is InChI=1S/C13H20N2OS/c1-4-17-8-9(2)15-11-5-6-12(10(3)16)13(14)7-11/h5-7,9,15H,4,8,14H2,1-3H3. The van der Waals surface area contributed by atoms with Gasteiger partial charge < -0.3 is 11.1 Å². The Morgan fingerprint density at radius 2 is 2.24 bits per heavy atom. The molecule has 3 N–H and O–H groups in total. The number of anilines is 2. The number of ketones is 1. The molecule has 1 atom stereocenters. The van der Waals surface area contributed by atoms with Gasteiger partial charge in [0, 0.05) is 28.7 Å². The maximum Gasteiger partial charge on any atom is 0.161 e. The third-order valence-electron chi connectivity index (χ3n) is 2.42. The molecule has 1 aromatic rings. The zero-order valence-corrected chi connectivity index (χ0v) is 11.4. The van der Waals surface area contributed by atoms with Crippen molar-refractivity contribution < 1.29 is 4.79 Å². The molecule has 0 radical (unpaired) electrons. The fourth-order valence-corrected chi connectivity index (χ4v) is 2.27. The van der Waals surface area contributed by atoms with E-state index in [4.69, 9.17) is 5.73 Å². The van der Waals surface area contributed by atoms with Gasteiger partial charge in [0.15, 0.2) is 5.78 Å². The third kappa shape index (κ3) is 4.30. The van der Waals surface area contributed by atoms with Crippen molar-refractivity contribution >= 4 is 28.9 Å². The average Bonchev–Trinajstić information content (AvgIpc) is 2.26. The average molecular weight is 252 g/mol. The van der Waals surface area contributed by atoms with Crippen LogP contribution in [0.3, 0.4) is 0 Å². The Labute approximate surface area is 107 Å². The minimum Gasteiger partial charge on any atom is -0.398 e. The minimum atomic E-state index is 0.00337. The topological polar surface area (TPSA) is 55.1 Å². The molecule has 0 fully saturated rings. The molecule has 3 nitrogen and oxygen atoms in total. The van der Waals surface area contributed by atoms with Gasteiger partial charge in [-0.2, -0.15) is 11.8 Å². The number of carbonyl (C=O) groups excluding carboxylic acids is 1. The van der Waals surface area contributed by atoms with E-state index in [-0.39, 0.29) is 5.78 Å². The van der Waals surface area contributed by atoms with E-state index >= 15 is 0 Å². The molecule has 0 spiro atoms. The molecule has 0 heterocycles. The highest BCUT2D eigenvalue weighted by atomic mass is 32.2. The molecule has 1 rings (SSSR count). The molecule has 0 saturated carbocycles. The van der Waals surface area contributed by atoms with Crippen LogP contribution in [-0.2, 0) is 0 Å². The highest BCUT2D eigenvalue weighted by Gasteiger charge is 2.07. The monoisotopic (exact) mass is 252 g/mol. The molecule has 1 aromatic carbocycles. The summed E-state index contributed by atoms with van der Waals surface area (Å²) >= 11 is 1.90. The number of nitrogens with two attached hydrogens (primary N) is 1. The van der Waals surface area contributed by atoms with Crippen LogP contribution in [0.2, 0.25) is 0 Å². The van der Waals surface area contributed by atoms with Crippen LogP contribution in [0.4, 0.5) is 11.4 Å². The number of Topliss-reactive ketones (excluding diaryl/α,β-unsaturated/α-hetero) is 1. The summed E-state index contributed by atoms with van der Waals surface area (Å²) in [5.41, 5.74) is 7.93. The lowest BCUT2D eigenvalue weighted by molar-refractivity contribution is 0.101. The van der Waals surface area contributed by atoms with Gasteiger partial charge in [-0.05, 0) is 37.8 Å². The van der Waals surface area contributed by atoms with Crippen molar-refractivity contribution in [2.24, 2.45) is 0 Å². The summed E-state index contributed by atoms with van der Waals surface area (Å²) in [6, 6.07) is 5.89. The smallest absolute Gasteiger partial charge is 0.161 e. The van der Waals surface area contributed by atoms with Crippen LogP contribution in [0.1, 0.15) is 31.1 Å². The summed E-state index contributed by atoms with van der Waals surface area (Å²) in [4.78, 5) is 11.2. The first-order valence-electron chi connectivity index (χ1n) is 5.79. The van der Waals surface area contributed by atoms with E-state index in [1.807, 2.05) is 23.9 Å². The molecule has 0 bridgehead atoms. The second-order valence-electron chi connectivity index (χ2n) is 4.06. The van der Waals surface area contributed by atoms with E-state index in [1.165, 1.54) is 6.92 Å². The lowest BCUT2D eigenvalue weighted by Gasteiger charge is -2.15. The molecule has 94 valence electrons. The van der Waals surface area contributed by atoms with Crippen LogP contribution >= 0.6 is 11.8 Å². The Bertz CT molecular complexity index is 393. The molecule has 0 aliphatic heterocycles. The Morgan fingerprint density at radius 3 is 2.76 bits per heavy atom. The summed E-state index contributed by atoms with van der Waals surface area (Å²) in [6.07, 6.45) is 0. The number of nitrogens with one attached hydrogen (secondary N) is 1. The first kappa shape index (κ1) is 13.9. The Balaban J connectivity index is 2.67. The zero-order valence-electron chi connectivity index (χ0n) is 10.6. The third-order valence-corrected chi connectivity index (χ3v) is 3.56. The van der Waals surface area contributed by atoms with Gasteiger partial charge in [0.05, 0.1) is 0 Å². The first-order valence-corrected chi connectivity index (χ1v) is 6.94. The van der Waals surface area contributed by atoms with Crippen molar-refractivity contribution in [1.82, 2.24) is 0 Å². The summed E-state index contributed by atoms with van der Waals surface area (Å²) in [5.74, 6) is 2.19. The van der Waals surface area contributed by atoms with Gasteiger partial charge in [-0.25, -0.2) is 0 Å². The SMILES string of the molecule is CCSCC(C)Nc1ccc(C(C)=O)c(N)c1. The minimum absolute atomic E-state index is 0.00337. The Hall–Kier alpha value is -1.16.